The molecule has 0 spiro atoms. The number of aromatic nitrogens is 8. The average Bonchev–Trinajstić information content (AvgIpc) is 3.97. The highest BCUT2D eigenvalue weighted by Gasteiger charge is 2.19. The van der Waals surface area contributed by atoms with Crippen LogP contribution < -0.4 is 9.47 Å². The minimum absolute atomic E-state index is 0. The van der Waals surface area contributed by atoms with Gasteiger partial charge in [-0.1, -0.05) is 23.5 Å². The van der Waals surface area contributed by atoms with E-state index in [1.54, 1.807) is 50.1 Å². The SMILES string of the molecule is COc1ccnc(CSc2nc3cc(-n4cccc4)c(-c4cc5[nH]c(SCc6nccc(OC)c6C)nc5cc4-n4cccc4)cc3[nH]2)c1C.I. The van der Waals surface area contributed by atoms with Gasteiger partial charge in [0.05, 0.1) is 59.0 Å². The molecule has 0 saturated carbocycles. The first kappa shape index (κ1) is 34.7. The Balaban J connectivity index is 0.00000406. The number of H-pyrrole nitrogens is 2. The summed E-state index contributed by atoms with van der Waals surface area (Å²) in [6.45, 7) is 4.07. The molecule has 8 rings (SSSR count). The number of aromatic amines is 2. The average molecular weight is 827 g/mol. The van der Waals surface area contributed by atoms with Gasteiger partial charge in [-0.2, -0.15) is 0 Å². The molecule has 0 atom stereocenters. The van der Waals surface area contributed by atoms with Crippen molar-refractivity contribution in [3.8, 4) is 34.0 Å². The minimum atomic E-state index is 0. The van der Waals surface area contributed by atoms with Crippen molar-refractivity contribution in [2.24, 2.45) is 0 Å². The van der Waals surface area contributed by atoms with Gasteiger partial charge in [0.15, 0.2) is 10.3 Å². The highest BCUT2D eigenvalue weighted by Crippen LogP contribution is 2.38. The summed E-state index contributed by atoms with van der Waals surface area (Å²) in [6.07, 6.45) is 11.8. The fourth-order valence-electron chi connectivity index (χ4n) is 6.16. The molecule has 0 aliphatic rings. The third kappa shape index (κ3) is 6.85. The van der Waals surface area contributed by atoms with Crippen molar-refractivity contribution in [3.05, 3.63) is 120 Å². The number of rotatable bonds is 11. The highest BCUT2D eigenvalue weighted by atomic mass is 127. The van der Waals surface area contributed by atoms with Crippen LogP contribution in [0.2, 0.25) is 0 Å². The van der Waals surface area contributed by atoms with Crippen molar-refractivity contribution >= 4 is 69.6 Å². The Kier molecular flexibility index (Phi) is 10.1. The first-order valence-electron chi connectivity index (χ1n) is 16.1. The minimum Gasteiger partial charge on any atom is -0.496 e. The lowest BCUT2D eigenvalue weighted by molar-refractivity contribution is 0.410. The molecule has 6 heterocycles. The van der Waals surface area contributed by atoms with Gasteiger partial charge in [-0.3, -0.25) is 9.97 Å². The Labute approximate surface area is 320 Å². The quantitative estimate of drug-likeness (QED) is 0.0981. The zero-order valence-electron chi connectivity index (χ0n) is 28.4. The number of ether oxygens (including phenoxy) is 2. The van der Waals surface area contributed by atoms with Crippen LogP contribution in [0.3, 0.4) is 0 Å². The molecule has 0 amide bonds. The van der Waals surface area contributed by atoms with E-state index < -0.39 is 0 Å². The van der Waals surface area contributed by atoms with Crippen molar-refractivity contribution in [2.45, 2.75) is 35.7 Å². The predicted octanol–water partition coefficient (Wildman–Crippen LogP) is 9.31. The monoisotopic (exact) mass is 826 g/mol. The lowest BCUT2D eigenvalue weighted by Gasteiger charge is -2.16. The standard InChI is InChI=1S/C38H34N8O2S2.HI/c1-23-31(39-11-9-35(23)47-3)21-49-37-41-27-17-25(33(19-29(27)43-37)45-13-5-6-14-45)26-18-28-30(20-34(26)46-15-7-8-16-46)44-38(42-28)50-22-32-24(2)36(48-4)10-12-40-32;/h5-20H,21-22H2,1-4H3,(H,41,43)(H,42,44);1H. The summed E-state index contributed by atoms with van der Waals surface area (Å²) in [5.74, 6) is 3.01. The largest absolute Gasteiger partial charge is 0.496 e. The Morgan fingerprint density at radius 2 is 1.04 bits per heavy atom. The van der Waals surface area contributed by atoms with E-state index in [0.29, 0.717) is 11.5 Å². The molecule has 0 fully saturated rings. The maximum Gasteiger partial charge on any atom is 0.166 e. The van der Waals surface area contributed by atoms with Crippen LogP contribution in [0.1, 0.15) is 22.5 Å². The Hall–Kier alpha value is -4.73. The maximum absolute atomic E-state index is 5.51. The molecule has 6 aromatic heterocycles. The smallest absolute Gasteiger partial charge is 0.166 e. The molecule has 0 bridgehead atoms. The predicted molar refractivity (Wildman–Crippen MR) is 215 cm³/mol. The zero-order valence-corrected chi connectivity index (χ0v) is 32.3. The normalized spacial score (nSPS) is 11.3. The van der Waals surface area contributed by atoms with E-state index in [1.807, 2.05) is 50.2 Å². The topological polar surface area (TPSA) is 111 Å². The van der Waals surface area contributed by atoms with Crippen LogP contribution in [-0.2, 0) is 11.5 Å². The van der Waals surface area contributed by atoms with Crippen LogP contribution in [0.4, 0.5) is 0 Å². The molecular formula is C38H35IN8O2S2. The number of thioether (sulfide) groups is 2. The molecule has 0 aliphatic heterocycles. The first-order valence-corrected chi connectivity index (χ1v) is 18.0. The molecule has 0 saturated heterocycles. The van der Waals surface area contributed by atoms with Gasteiger partial charge in [0.2, 0.25) is 0 Å². The fraction of sp³-hybridized carbons (Fsp3) is 0.158. The number of hydrogen-bond donors (Lipinski definition) is 2. The van der Waals surface area contributed by atoms with Gasteiger partial charge >= 0.3 is 0 Å². The van der Waals surface area contributed by atoms with Crippen LogP contribution in [0, 0.1) is 13.8 Å². The molecule has 2 N–H and O–H groups in total. The molecule has 13 heteroatoms. The Morgan fingerprint density at radius 1 is 0.627 bits per heavy atom. The summed E-state index contributed by atoms with van der Waals surface area (Å²) in [5.41, 5.74) is 11.9. The lowest BCUT2D eigenvalue weighted by atomic mass is 9.99. The van der Waals surface area contributed by atoms with Crippen molar-refractivity contribution in [3.63, 3.8) is 0 Å². The van der Waals surface area contributed by atoms with E-state index in [1.165, 1.54) is 0 Å². The lowest BCUT2D eigenvalue weighted by Crippen LogP contribution is -1.99. The molecule has 0 radical (unpaired) electrons. The van der Waals surface area contributed by atoms with Gasteiger partial charge in [0, 0.05) is 70.9 Å². The first-order chi connectivity index (χ1) is 24.5. The number of nitrogens with zero attached hydrogens (tertiary/aromatic N) is 6. The van der Waals surface area contributed by atoms with Crippen molar-refractivity contribution < 1.29 is 9.47 Å². The van der Waals surface area contributed by atoms with Gasteiger partial charge in [-0.25, -0.2) is 9.97 Å². The number of nitrogens with one attached hydrogen (secondary N) is 2. The van der Waals surface area contributed by atoms with Crippen molar-refractivity contribution in [2.75, 3.05) is 14.2 Å². The van der Waals surface area contributed by atoms with Crippen LogP contribution in [0.5, 0.6) is 11.5 Å². The third-order valence-corrected chi connectivity index (χ3v) is 10.6. The summed E-state index contributed by atoms with van der Waals surface area (Å²) >= 11 is 3.25. The number of benzene rings is 2. The second-order valence-corrected chi connectivity index (χ2v) is 13.7. The molecule has 0 aliphatic carbocycles. The molecular weight excluding hydrogens is 792 g/mol. The molecule has 10 nitrogen and oxygen atoms in total. The number of pyridine rings is 2. The fourth-order valence-corrected chi connectivity index (χ4v) is 7.97. The number of imidazole rings is 2. The van der Waals surface area contributed by atoms with E-state index in [-0.39, 0.29) is 24.0 Å². The second kappa shape index (κ2) is 14.9. The van der Waals surface area contributed by atoms with Crippen LogP contribution in [-0.4, -0.2) is 53.3 Å². The number of fused-ring (bicyclic) bond motifs is 2. The van der Waals surface area contributed by atoms with E-state index in [0.717, 1.165) is 88.9 Å². The van der Waals surface area contributed by atoms with Gasteiger partial charge in [0.1, 0.15) is 11.5 Å². The second-order valence-electron chi connectivity index (χ2n) is 11.8. The number of hydrogen-bond acceptors (Lipinski definition) is 8. The van der Waals surface area contributed by atoms with Crippen molar-refractivity contribution in [1.82, 2.24) is 39.0 Å². The van der Waals surface area contributed by atoms with Crippen LogP contribution in [0.25, 0.3) is 44.6 Å². The Morgan fingerprint density at radius 3 is 1.43 bits per heavy atom. The van der Waals surface area contributed by atoms with Crippen molar-refractivity contribution in [1.29, 1.82) is 0 Å². The van der Waals surface area contributed by atoms with E-state index in [2.05, 4.69) is 78.1 Å². The van der Waals surface area contributed by atoms with E-state index in [4.69, 9.17) is 19.4 Å². The van der Waals surface area contributed by atoms with Gasteiger partial charge in [-0.05, 0) is 74.5 Å². The summed E-state index contributed by atoms with van der Waals surface area (Å²) in [5, 5.41) is 1.66. The zero-order chi connectivity index (χ0) is 34.2. The summed E-state index contributed by atoms with van der Waals surface area (Å²) < 4.78 is 15.3. The number of halogens is 1. The van der Waals surface area contributed by atoms with E-state index in [9.17, 15) is 0 Å². The maximum atomic E-state index is 5.51. The van der Waals surface area contributed by atoms with Crippen LogP contribution in [0.15, 0.2) is 108 Å². The third-order valence-electron chi connectivity index (χ3n) is 8.86. The molecule has 8 aromatic rings. The Bertz CT molecular complexity index is 2280. The molecule has 258 valence electrons. The summed E-state index contributed by atoms with van der Waals surface area (Å²) in [4.78, 5) is 26.3. The van der Waals surface area contributed by atoms with Gasteiger partial charge < -0.3 is 28.6 Å². The van der Waals surface area contributed by atoms with Crippen LogP contribution >= 0.6 is 47.5 Å². The van der Waals surface area contributed by atoms with Gasteiger partial charge in [0.25, 0.3) is 0 Å². The highest BCUT2D eigenvalue weighted by molar-refractivity contribution is 14.0. The molecule has 0 unspecified atom stereocenters. The van der Waals surface area contributed by atoms with Gasteiger partial charge in [-0.15, -0.1) is 24.0 Å². The molecule has 51 heavy (non-hydrogen) atoms. The number of methoxy groups -OCH3 is 2. The summed E-state index contributed by atoms with van der Waals surface area (Å²) in [7, 11) is 3.37. The molecule has 2 aromatic carbocycles. The van der Waals surface area contributed by atoms with E-state index >= 15 is 0 Å². The summed E-state index contributed by atoms with van der Waals surface area (Å²) in [6, 6.07) is 20.6.